The van der Waals surface area contributed by atoms with Crippen molar-refractivity contribution < 1.29 is 9.18 Å². The molecular formula is C24H32FIN4O. The Hall–Kier alpha value is -2.16. The maximum absolute atomic E-state index is 14.2. The summed E-state index contributed by atoms with van der Waals surface area (Å²) in [6, 6.07) is 14.7. The molecule has 31 heavy (non-hydrogen) atoms. The largest absolute Gasteiger partial charge is 0.356 e. The molecule has 168 valence electrons. The lowest BCUT2D eigenvalue weighted by Gasteiger charge is -2.19. The van der Waals surface area contributed by atoms with E-state index in [-0.39, 0.29) is 47.2 Å². The lowest BCUT2D eigenvalue weighted by atomic mass is 9.95. The molecule has 0 spiro atoms. The number of halogens is 2. The van der Waals surface area contributed by atoms with Crippen LogP contribution in [0, 0.1) is 5.82 Å². The Labute approximate surface area is 201 Å². The van der Waals surface area contributed by atoms with E-state index in [9.17, 15) is 9.18 Å². The molecule has 0 radical (unpaired) electrons. The molecule has 0 aliphatic heterocycles. The molecule has 0 saturated heterocycles. The van der Waals surface area contributed by atoms with Gasteiger partial charge in [0.1, 0.15) is 5.82 Å². The summed E-state index contributed by atoms with van der Waals surface area (Å²) >= 11 is 0. The van der Waals surface area contributed by atoms with Crippen molar-refractivity contribution in [3.63, 3.8) is 0 Å². The van der Waals surface area contributed by atoms with Gasteiger partial charge in [0.2, 0.25) is 0 Å². The molecule has 5 nitrogen and oxygen atoms in total. The smallest absolute Gasteiger partial charge is 0.251 e. The van der Waals surface area contributed by atoms with Gasteiger partial charge in [-0.25, -0.2) is 4.39 Å². The second-order valence-corrected chi connectivity index (χ2v) is 8.02. The van der Waals surface area contributed by atoms with Gasteiger partial charge in [-0.15, -0.1) is 24.0 Å². The number of carbonyl (C=O) groups is 1. The Bertz CT molecular complexity index is 897. The fourth-order valence-corrected chi connectivity index (χ4v) is 3.43. The zero-order valence-corrected chi connectivity index (χ0v) is 20.7. The highest BCUT2D eigenvalue weighted by molar-refractivity contribution is 14.0. The van der Waals surface area contributed by atoms with Crippen LogP contribution in [-0.4, -0.2) is 31.5 Å². The van der Waals surface area contributed by atoms with Gasteiger partial charge in [0, 0.05) is 37.2 Å². The highest BCUT2D eigenvalue weighted by Crippen LogP contribution is 2.48. The Balaban J connectivity index is 0.00000341. The molecular weight excluding hydrogens is 506 g/mol. The predicted octanol–water partition coefficient (Wildman–Crippen LogP) is 4.37. The molecule has 1 fully saturated rings. The molecule has 0 aromatic heterocycles. The summed E-state index contributed by atoms with van der Waals surface area (Å²) in [5.74, 6) is 0.484. The van der Waals surface area contributed by atoms with Gasteiger partial charge in [-0.3, -0.25) is 9.79 Å². The number of hydrogen-bond acceptors (Lipinski definition) is 2. The molecule has 0 bridgehead atoms. The summed E-state index contributed by atoms with van der Waals surface area (Å²) in [6.07, 6.45) is 2.84. The Morgan fingerprint density at radius 1 is 1.13 bits per heavy atom. The number of hydrogen-bond donors (Lipinski definition) is 3. The fraction of sp³-hybridized carbons (Fsp3) is 0.417. The van der Waals surface area contributed by atoms with Gasteiger partial charge in [-0.05, 0) is 55.5 Å². The van der Waals surface area contributed by atoms with Crippen LogP contribution in [-0.2, 0) is 12.0 Å². The highest BCUT2D eigenvalue weighted by Gasteiger charge is 2.45. The first-order valence-corrected chi connectivity index (χ1v) is 10.6. The van der Waals surface area contributed by atoms with Gasteiger partial charge in [-0.2, -0.15) is 0 Å². The van der Waals surface area contributed by atoms with Crippen LogP contribution in [0.3, 0.4) is 0 Å². The van der Waals surface area contributed by atoms with Gasteiger partial charge >= 0.3 is 0 Å². The van der Waals surface area contributed by atoms with E-state index in [2.05, 4.69) is 20.9 Å². The number of benzene rings is 2. The first kappa shape index (κ1) is 25.1. The molecule has 1 aliphatic rings. The number of aliphatic imine (C=N–C) groups is 1. The molecule has 1 saturated carbocycles. The molecule has 2 aromatic carbocycles. The van der Waals surface area contributed by atoms with Crippen LogP contribution in [0.25, 0.3) is 0 Å². The summed E-state index contributed by atoms with van der Waals surface area (Å²) in [7, 11) is 1.72. The van der Waals surface area contributed by atoms with Gasteiger partial charge in [-0.1, -0.05) is 37.3 Å². The topological polar surface area (TPSA) is 65.5 Å². The second-order valence-electron chi connectivity index (χ2n) is 8.02. The maximum Gasteiger partial charge on any atom is 0.251 e. The van der Waals surface area contributed by atoms with Crippen LogP contribution in [0.1, 0.15) is 54.6 Å². The van der Waals surface area contributed by atoms with Crippen molar-refractivity contribution in [3.05, 3.63) is 71.0 Å². The molecule has 1 unspecified atom stereocenters. The van der Waals surface area contributed by atoms with Crippen LogP contribution >= 0.6 is 24.0 Å². The highest BCUT2D eigenvalue weighted by atomic mass is 127. The average Bonchev–Trinajstić information content (AvgIpc) is 3.55. The zero-order chi connectivity index (χ0) is 21.6. The number of guanidine groups is 1. The minimum Gasteiger partial charge on any atom is -0.356 e. The fourth-order valence-electron chi connectivity index (χ4n) is 3.43. The minimum absolute atomic E-state index is 0. The Kier molecular flexibility index (Phi) is 9.28. The summed E-state index contributed by atoms with van der Waals surface area (Å²) in [5, 5.41) is 9.59. The van der Waals surface area contributed by atoms with Gasteiger partial charge in [0.05, 0.1) is 0 Å². The second kappa shape index (κ2) is 11.5. The number of amides is 1. The number of nitrogens with one attached hydrogen (secondary N) is 3. The van der Waals surface area contributed by atoms with Crippen LogP contribution in [0.5, 0.6) is 0 Å². The van der Waals surface area contributed by atoms with Crippen LogP contribution in [0.2, 0.25) is 0 Å². The zero-order valence-electron chi connectivity index (χ0n) is 18.4. The molecule has 3 rings (SSSR count). The van der Waals surface area contributed by atoms with E-state index in [4.69, 9.17) is 0 Å². The molecule has 7 heteroatoms. The van der Waals surface area contributed by atoms with E-state index in [1.54, 1.807) is 13.1 Å². The molecule has 2 aromatic rings. The van der Waals surface area contributed by atoms with E-state index in [1.807, 2.05) is 50.2 Å². The van der Waals surface area contributed by atoms with Crippen LogP contribution in [0.15, 0.2) is 53.5 Å². The summed E-state index contributed by atoms with van der Waals surface area (Å²) in [6.45, 7) is 5.26. The first-order valence-electron chi connectivity index (χ1n) is 10.6. The van der Waals surface area contributed by atoms with Crippen molar-refractivity contribution in [2.24, 2.45) is 4.99 Å². The Morgan fingerprint density at radius 3 is 2.39 bits per heavy atom. The van der Waals surface area contributed by atoms with E-state index in [1.165, 1.54) is 6.07 Å². The van der Waals surface area contributed by atoms with Crippen molar-refractivity contribution in [2.75, 3.05) is 13.6 Å². The third-order valence-corrected chi connectivity index (χ3v) is 5.78. The summed E-state index contributed by atoms with van der Waals surface area (Å²) in [5.41, 5.74) is 2.34. The van der Waals surface area contributed by atoms with E-state index in [0.717, 1.165) is 30.4 Å². The molecule has 3 N–H and O–H groups in total. The maximum atomic E-state index is 14.2. The lowest BCUT2D eigenvalue weighted by Crippen LogP contribution is -2.41. The number of rotatable bonds is 8. The summed E-state index contributed by atoms with van der Waals surface area (Å²) < 4.78 is 14.2. The molecule has 0 heterocycles. The lowest BCUT2D eigenvalue weighted by molar-refractivity contribution is 0.0939. The predicted molar refractivity (Wildman–Crippen MR) is 135 cm³/mol. The normalized spacial score (nSPS) is 15.4. The van der Waals surface area contributed by atoms with Crippen molar-refractivity contribution >= 4 is 35.8 Å². The monoisotopic (exact) mass is 538 g/mol. The van der Waals surface area contributed by atoms with Gasteiger partial charge in [0.25, 0.3) is 5.91 Å². The van der Waals surface area contributed by atoms with E-state index in [0.29, 0.717) is 24.6 Å². The summed E-state index contributed by atoms with van der Waals surface area (Å²) in [4.78, 5) is 16.5. The number of nitrogens with zero attached hydrogens (tertiary/aromatic N) is 1. The van der Waals surface area contributed by atoms with E-state index >= 15 is 0 Å². The number of carbonyl (C=O) groups excluding carboxylic acids is 1. The van der Waals surface area contributed by atoms with E-state index < -0.39 is 0 Å². The van der Waals surface area contributed by atoms with Crippen LogP contribution in [0.4, 0.5) is 4.39 Å². The van der Waals surface area contributed by atoms with Gasteiger partial charge in [0.15, 0.2) is 5.96 Å². The average molecular weight is 538 g/mol. The Morgan fingerprint density at radius 2 is 1.81 bits per heavy atom. The standard InChI is InChI=1S/C24H31FN4O.HI/c1-4-17(2)29-22(30)19-11-9-18(10-12-19)15-27-23(26-3)28-16-24(13-14-24)20-7-5-6-8-21(20)25;/h5-12,17H,4,13-16H2,1-3H3,(H,29,30)(H2,26,27,28);1H. The first-order chi connectivity index (χ1) is 14.5. The third kappa shape index (κ3) is 6.66. The third-order valence-electron chi connectivity index (χ3n) is 5.78. The van der Waals surface area contributed by atoms with Crippen LogP contribution < -0.4 is 16.0 Å². The molecule has 1 atom stereocenters. The molecule has 1 amide bonds. The van der Waals surface area contributed by atoms with Crippen molar-refractivity contribution in [1.82, 2.24) is 16.0 Å². The minimum atomic E-state index is -0.145. The van der Waals surface area contributed by atoms with Crippen molar-refractivity contribution in [1.29, 1.82) is 0 Å². The SMILES string of the molecule is CCC(C)NC(=O)c1ccc(CNC(=NC)NCC2(c3ccccc3F)CC2)cc1.I. The van der Waals surface area contributed by atoms with Crippen molar-refractivity contribution in [3.8, 4) is 0 Å². The van der Waals surface area contributed by atoms with Gasteiger partial charge < -0.3 is 16.0 Å². The quantitative estimate of drug-likeness (QED) is 0.266. The molecule has 1 aliphatic carbocycles. The van der Waals surface area contributed by atoms with Crippen molar-refractivity contribution in [2.45, 2.75) is 51.1 Å².